The lowest BCUT2D eigenvalue weighted by Crippen LogP contribution is -2.55. The molecule has 1 aromatic carbocycles. The molecule has 0 unspecified atom stereocenters. The zero-order valence-electron chi connectivity index (χ0n) is 17.1. The highest BCUT2D eigenvalue weighted by atomic mass is 16.2. The fourth-order valence-electron chi connectivity index (χ4n) is 4.82. The standard InChI is InChI=1S/C23H28N4O2/c1-26(2)23(18-8-4-3-5-9-18)14-12-22(13-15-23)20(28)27(21(29)25-22)17-11-19-10-6-7-16-24-19/h3-10,16H,11-15,17H2,1-2H3,(H,25,29)/t22-,23-. The van der Waals surface area contributed by atoms with Gasteiger partial charge in [0.05, 0.1) is 0 Å². The predicted octanol–water partition coefficient (Wildman–Crippen LogP) is 2.95. The summed E-state index contributed by atoms with van der Waals surface area (Å²) >= 11 is 0. The maximum absolute atomic E-state index is 13.2. The van der Waals surface area contributed by atoms with Gasteiger partial charge < -0.3 is 5.32 Å². The molecule has 1 N–H and O–H groups in total. The first kappa shape index (κ1) is 19.6. The van der Waals surface area contributed by atoms with E-state index in [2.05, 4.69) is 53.6 Å². The maximum atomic E-state index is 13.2. The molecule has 2 aromatic rings. The van der Waals surface area contributed by atoms with E-state index in [0.717, 1.165) is 18.5 Å². The van der Waals surface area contributed by atoms with Gasteiger partial charge >= 0.3 is 6.03 Å². The molecule has 2 heterocycles. The highest BCUT2D eigenvalue weighted by Gasteiger charge is 2.55. The number of aromatic nitrogens is 1. The first-order chi connectivity index (χ1) is 14.0. The van der Waals surface area contributed by atoms with Crippen molar-refractivity contribution in [2.45, 2.75) is 43.2 Å². The summed E-state index contributed by atoms with van der Waals surface area (Å²) in [5, 5.41) is 3.03. The molecule has 0 radical (unpaired) electrons. The lowest BCUT2D eigenvalue weighted by molar-refractivity contribution is -0.133. The molecular weight excluding hydrogens is 364 g/mol. The molecule has 1 saturated carbocycles. The molecule has 1 aromatic heterocycles. The second-order valence-electron chi connectivity index (χ2n) is 8.33. The van der Waals surface area contributed by atoms with Crippen LogP contribution in [0, 0.1) is 0 Å². The summed E-state index contributed by atoms with van der Waals surface area (Å²) in [7, 11) is 4.19. The number of rotatable bonds is 5. The fourth-order valence-corrected chi connectivity index (χ4v) is 4.82. The Kier molecular flexibility index (Phi) is 5.13. The van der Waals surface area contributed by atoms with Crippen molar-refractivity contribution in [2.24, 2.45) is 0 Å². The Morgan fingerprint density at radius 1 is 1.00 bits per heavy atom. The topological polar surface area (TPSA) is 65.5 Å². The Morgan fingerprint density at radius 2 is 1.69 bits per heavy atom. The van der Waals surface area contributed by atoms with Crippen molar-refractivity contribution in [2.75, 3.05) is 20.6 Å². The molecule has 0 atom stereocenters. The van der Waals surface area contributed by atoms with Gasteiger partial charge in [-0.25, -0.2) is 4.79 Å². The molecule has 2 aliphatic rings. The van der Waals surface area contributed by atoms with Crippen molar-refractivity contribution < 1.29 is 9.59 Å². The van der Waals surface area contributed by atoms with E-state index < -0.39 is 5.54 Å². The van der Waals surface area contributed by atoms with E-state index in [4.69, 9.17) is 0 Å². The van der Waals surface area contributed by atoms with Crippen molar-refractivity contribution in [1.29, 1.82) is 0 Å². The number of nitrogens with zero attached hydrogens (tertiary/aromatic N) is 3. The normalized spacial score (nSPS) is 26.9. The number of imide groups is 1. The maximum Gasteiger partial charge on any atom is 0.325 e. The highest BCUT2D eigenvalue weighted by Crippen LogP contribution is 2.46. The minimum atomic E-state index is -0.768. The van der Waals surface area contributed by atoms with Crippen molar-refractivity contribution in [3.8, 4) is 0 Å². The summed E-state index contributed by atoms with van der Waals surface area (Å²) in [4.78, 5) is 33.8. The molecule has 3 amide bonds. The van der Waals surface area contributed by atoms with E-state index in [9.17, 15) is 9.59 Å². The third kappa shape index (κ3) is 3.42. The van der Waals surface area contributed by atoms with E-state index in [1.54, 1.807) is 6.20 Å². The van der Waals surface area contributed by atoms with Gasteiger partial charge in [0.25, 0.3) is 5.91 Å². The van der Waals surface area contributed by atoms with Crippen molar-refractivity contribution in [3.63, 3.8) is 0 Å². The number of pyridine rings is 1. The minimum absolute atomic E-state index is 0.0844. The quantitative estimate of drug-likeness (QED) is 0.795. The number of hydrogen-bond donors (Lipinski definition) is 1. The number of urea groups is 1. The minimum Gasteiger partial charge on any atom is -0.323 e. The van der Waals surface area contributed by atoms with Crippen LogP contribution in [-0.4, -0.2) is 52.9 Å². The Morgan fingerprint density at radius 3 is 2.31 bits per heavy atom. The molecule has 1 aliphatic carbocycles. The van der Waals surface area contributed by atoms with E-state index in [-0.39, 0.29) is 17.5 Å². The summed E-state index contributed by atoms with van der Waals surface area (Å²) in [5.41, 5.74) is 1.27. The van der Waals surface area contributed by atoms with Gasteiger partial charge in [0.1, 0.15) is 5.54 Å². The van der Waals surface area contributed by atoms with Crippen LogP contribution >= 0.6 is 0 Å². The summed E-state index contributed by atoms with van der Waals surface area (Å²) in [6, 6.07) is 15.9. The fraction of sp³-hybridized carbons (Fsp3) is 0.435. The molecule has 6 nitrogen and oxygen atoms in total. The van der Waals surface area contributed by atoms with Crippen LogP contribution in [0.4, 0.5) is 4.79 Å². The van der Waals surface area contributed by atoms with Crippen molar-refractivity contribution in [3.05, 3.63) is 66.0 Å². The van der Waals surface area contributed by atoms with Gasteiger partial charge in [-0.2, -0.15) is 0 Å². The largest absolute Gasteiger partial charge is 0.325 e. The monoisotopic (exact) mass is 392 g/mol. The van der Waals surface area contributed by atoms with Gasteiger partial charge in [0.15, 0.2) is 0 Å². The average Bonchev–Trinajstić information content (AvgIpc) is 2.97. The number of nitrogens with one attached hydrogen (secondary N) is 1. The molecule has 1 spiro atoms. The van der Waals surface area contributed by atoms with E-state index in [0.29, 0.717) is 25.8 Å². The Balaban J connectivity index is 1.49. The van der Waals surface area contributed by atoms with Gasteiger partial charge in [-0.05, 0) is 57.5 Å². The van der Waals surface area contributed by atoms with Crippen molar-refractivity contribution in [1.82, 2.24) is 20.1 Å². The van der Waals surface area contributed by atoms with Crippen LogP contribution in [-0.2, 0) is 16.8 Å². The summed E-state index contributed by atoms with van der Waals surface area (Å²) in [6.45, 7) is 0.362. The van der Waals surface area contributed by atoms with Crippen LogP contribution < -0.4 is 5.32 Å². The first-order valence-corrected chi connectivity index (χ1v) is 10.2. The summed E-state index contributed by atoms with van der Waals surface area (Å²) < 4.78 is 0. The number of carbonyl (C=O) groups excluding carboxylic acids is 2. The second kappa shape index (κ2) is 7.59. The predicted molar refractivity (Wildman–Crippen MR) is 111 cm³/mol. The van der Waals surface area contributed by atoms with Crippen LogP contribution in [0.25, 0.3) is 0 Å². The van der Waals surface area contributed by atoms with E-state index in [1.165, 1.54) is 10.5 Å². The van der Waals surface area contributed by atoms with Gasteiger partial charge in [-0.1, -0.05) is 36.4 Å². The van der Waals surface area contributed by atoms with Crippen LogP contribution in [0.3, 0.4) is 0 Å². The average molecular weight is 393 g/mol. The Hall–Kier alpha value is -2.73. The Labute approximate surface area is 171 Å². The SMILES string of the molecule is CN(C)[C@]1(c2ccccc2)CC[C@]2(CC1)NC(=O)N(CCc1ccccn1)C2=O. The van der Waals surface area contributed by atoms with Gasteiger partial charge in [-0.15, -0.1) is 0 Å². The number of amides is 3. The number of hydrogen-bond acceptors (Lipinski definition) is 4. The summed E-state index contributed by atoms with van der Waals surface area (Å²) in [6.07, 6.45) is 5.24. The van der Waals surface area contributed by atoms with E-state index >= 15 is 0 Å². The third-order valence-corrected chi connectivity index (χ3v) is 6.66. The lowest BCUT2D eigenvalue weighted by atomic mass is 9.68. The highest BCUT2D eigenvalue weighted by molar-refractivity contribution is 6.07. The summed E-state index contributed by atoms with van der Waals surface area (Å²) in [5.74, 6) is -0.0844. The molecule has 1 saturated heterocycles. The Bertz CT molecular complexity index is 874. The first-order valence-electron chi connectivity index (χ1n) is 10.2. The molecule has 6 heteroatoms. The molecule has 1 aliphatic heterocycles. The third-order valence-electron chi connectivity index (χ3n) is 6.66. The van der Waals surface area contributed by atoms with Crippen molar-refractivity contribution >= 4 is 11.9 Å². The van der Waals surface area contributed by atoms with Gasteiger partial charge in [0.2, 0.25) is 0 Å². The molecule has 0 bridgehead atoms. The number of benzene rings is 1. The van der Waals surface area contributed by atoms with Crippen LogP contribution in [0.1, 0.15) is 36.9 Å². The van der Waals surface area contributed by atoms with E-state index in [1.807, 2.05) is 24.3 Å². The van der Waals surface area contributed by atoms with Crippen LogP contribution in [0.15, 0.2) is 54.7 Å². The lowest BCUT2D eigenvalue weighted by Gasteiger charge is -2.48. The smallest absolute Gasteiger partial charge is 0.323 e. The zero-order chi connectivity index (χ0) is 20.5. The molecule has 2 fully saturated rings. The molecular formula is C23H28N4O2. The molecule has 29 heavy (non-hydrogen) atoms. The second-order valence-corrected chi connectivity index (χ2v) is 8.33. The molecule has 152 valence electrons. The van der Waals surface area contributed by atoms with Gasteiger partial charge in [-0.3, -0.25) is 19.6 Å². The molecule has 4 rings (SSSR count). The van der Waals surface area contributed by atoms with Crippen LogP contribution in [0.5, 0.6) is 0 Å². The van der Waals surface area contributed by atoms with Gasteiger partial charge in [0, 0.05) is 30.4 Å². The zero-order valence-corrected chi connectivity index (χ0v) is 17.1. The number of carbonyl (C=O) groups is 2. The van der Waals surface area contributed by atoms with Crippen LogP contribution in [0.2, 0.25) is 0 Å².